The first kappa shape index (κ1) is 17.0. The topological polar surface area (TPSA) is 26.3 Å². The van der Waals surface area contributed by atoms with Crippen LogP contribution in [0.5, 0.6) is 5.75 Å². The van der Waals surface area contributed by atoms with Crippen molar-refractivity contribution in [3.05, 3.63) is 65.2 Å². The van der Waals surface area contributed by atoms with Crippen molar-refractivity contribution < 1.29 is 9.53 Å². The third kappa shape index (κ3) is 2.81. The van der Waals surface area contributed by atoms with Crippen LogP contribution in [0, 0.1) is 17.3 Å². The van der Waals surface area contributed by atoms with Crippen molar-refractivity contribution in [1.82, 2.24) is 0 Å². The number of rotatable bonds is 3. The van der Waals surface area contributed by atoms with Crippen LogP contribution in [0.4, 0.5) is 0 Å². The van der Waals surface area contributed by atoms with Crippen LogP contribution in [-0.2, 0) is 17.8 Å². The van der Waals surface area contributed by atoms with E-state index in [1.165, 1.54) is 29.5 Å². The summed E-state index contributed by atoms with van der Waals surface area (Å²) in [7, 11) is 0. The maximum absolute atomic E-state index is 12.5. The van der Waals surface area contributed by atoms with Crippen LogP contribution in [0.15, 0.2) is 48.5 Å². The zero-order valence-electron chi connectivity index (χ0n) is 16.1. The minimum absolute atomic E-state index is 0.0304. The highest BCUT2D eigenvalue weighted by Crippen LogP contribution is 2.59. The first-order valence-corrected chi connectivity index (χ1v) is 10.5. The normalized spacial score (nSPS) is 31.7. The highest BCUT2D eigenvalue weighted by Gasteiger charge is 2.54. The molecule has 0 aromatic heterocycles. The average Bonchev–Trinajstić information content (AvgIpc) is 3.01. The Kier molecular flexibility index (Phi) is 4.11. The summed E-state index contributed by atoms with van der Waals surface area (Å²) in [5.41, 5.74) is 4.17. The molecule has 2 saturated carbocycles. The highest BCUT2D eigenvalue weighted by atomic mass is 16.5. The van der Waals surface area contributed by atoms with Gasteiger partial charge in [0, 0.05) is 11.8 Å². The fraction of sp³-hybridized carbons (Fsp3) is 0.480. The van der Waals surface area contributed by atoms with E-state index in [9.17, 15) is 4.79 Å². The quantitative estimate of drug-likeness (QED) is 0.703. The van der Waals surface area contributed by atoms with Gasteiger partial charge >= 0.3 is 0 Å². The number of fused-ring (bicyclic) bond motifs is 5. The van der Waals surface area contributed by atoms with E-state index in [4.69, 9.17) is 4.74 Å². The van der Waals surface area contributed by atoms with Crippen molar-refractivity contribution in [2.24, 2.45) is 17.3 Å². The number of benzene rings is 2. The lowest BCUT2D eigenvalue weighted by atomic mass is 9.55. The molecular weight excluding hydrogens is 332 g/mol. The lowest BCUT2D eigenvalue weighted by Gasteiger charge is -2.48. The van der Waals surface area contributed by atoms with Crippen molar-refractivity contribution in [2.75, 3.05) is 0 Å². The molecule has 0 N–H and O–H groups in total. The number of hydrogen-bond donors (Lipinski definition) is 0. The summed E-state index contributed by atoms with van der Waals surface area (Å²) in [6.07, 6.45) is 6.52. The summed E-state index contributed by atoms with van der Waals surface area (Å²) in [6.45, 7) is 2.87. The van der Waals surface area contributed by atoms with Gasteiger partial charge in [0.15, 0.2) is 0 Å². The number of hydrogen-bond acceptors (Lipinski definition) is 2. The lowest BCUT2D eigenvalue weighted by molar-refractivity contribution is -0.129. The minimum atomic E-state index is -0.0304. The molecule has 0 aliphatic heterocycles. The van der Waals surface area contributed by atoms with Crippen LogP contribution >= 0.6 is 0 Å². The third-order valence-corrected chi connectivity index (χ3v) is 7.66. The maximum atomic E-state index is 12.5. The molecule has 2 heteroatoms. The van der Waals surface area contributed by atoms with E-state index in [0.29, 0.717) is 30.1 Å². The second-order valence-corrected chi connectivity index (χ2v) is 8.97. The summed E-state index contributed by atoms with van der Waals surface area (Å²) in [5, 5.41) is 0. The SMILES string of the molecule is C[C@]12CC[C@@H]3c4ccc(OCc5ccccc5)cc4CC[C@@H]3[C@@H]1CCC2=O. The van der Waals surface area contributed by atoms with E-state index in [0.717, 1.165) is 31.4 Å². The molecule has 0 amide bonds. The summed E-state index contributed by atoms with van der Waals surface area (Å²) in [4.78, 5) is 12.5. The van der Waals surface area contributed by atoms with Gasteiger partial charge in [-0.3, -0.25) is 4.79 Å². The minimum Gasteiger partial charge on any atom is -0.489 e. The Labute approximate surface area is 161 Å². The molecule has 0 heterocycles. The Hall–Kier alpha value is -2.09. The van der Waals surface area contributed by atoms with Crippen molar-refractivity contribution in [3.63, 3.8) is 0 Å². The van der Waals surface area contributed by atoms with Gasteiger partial charge in [0.2, 0.25) is 0 Å². The summed E-state index contributed by atoms with van der Waals surface area (Å²) < 4.78 is 6.05. The van der Waals surface area contributed by atoms with Crippen LogP contribution in [0.3, 0.4) is 0 Å². The molecule has 2 fully saturated rings. The van der Waals surface area contributed by atoms with Crippen molar-refractivity contribution in [2.45, 2.75) is 58.0 Å². The fourth-order valence-corrected chi connectivity index (χ4v) is 6.16. The molecule has 4 atom stereocenters. The van der Waals surface area contributed by atoms with Crippen LogP contribution in [0.1, 0.15) is 61.6 Å². The molecule has 27 heavy (non-hydrogen) atoms. The molecular formula is C25H28O2. The van der Waals surface area contributed by atoms with E-state index in [1.807, 2.05) is 6.07 Å². The number of ketones is 1. The van der Waals surface area contributed by atoms with Crippen LogP contribution in [0.25, 0.3) is 0 Å². The second kappa shape index (κ2) is 6.51. The van der Waals surface area contributed by atoms with Crippen molar-refractivity contribution in [3.8, 4) is 5.75 Å². The zero-order valence-corrected chi connectivity index (χ0v) is 16.1. The van der Waals surface area contributed by atoms with Crippen molar-refractivity contribution in [1.29, 1.82) is 0 Å². The molecule has 2 aromatic carbocycles. The molecule has 3 aliphatic rings. The molecule has 0 bridgehead atoms. The van der Waals surface area contributed by atoms with E-state index in [1.54, 1.807) is 0 Å². The molecule has 140 valence electrons. The van der Waals surface area contributed by atoms with Gasteiger partial charge in [0.25, 0.3) is 0 Å². The second-order valence-electron chi connectivity index (χ2n) is 8.97. The van der Waals surface area contributed by atoms with E-state index in [-0.39, 0.29) is 5.41 Å². The van der Waals surface area contributed by atoms with Gasteiger partial charge in [-0.1, -0.05) is 43.3 Å². The monoisotopic (exact) mass is 360 g/mol. The molecule has 2 nitrogen and oxygen atoms in total. The Morgan fingerprint density at radius 3 is 2.74 bits per heavy atom. The number of ether oxygens (including phenoxy) is 1. The van der Waals surface area contributed by atoms with Gasteiger partial charge in [0.05, 0.1) is 0 Å². The summed E-state index contributed by atoms with van der Waals surface area (Å²) >= 11 is 0. The van der Waals surface area contributed by atoms with Crippen LogP contribution in [-0.4, -0.2) is 5.78 Å². The molecule has 5 rings (SSSR count). The number of carbonyl (C=O) groups is 1. The van der Waals surface area contributed by atoms with Gasteiger partial charge in [-0.15, -0.1) is 0 Å². The average molecular weight is 360 g/mol. The van der Waals surface area contributed by atoms with Gasteiger partial charge in [-0.05, 0) is 78.7 Å². The maximum Gasteiger partial charge on any atom is 0.139 e. The number of Topliss-reactive ketones (excluding diaryl/α,β-unsaturated/α-hetero) is 1. The first-order valence-electron chi connectivity index (χ1n) is 10.5. The Morgan fingerprint density at radius 2 is 1.89 bits per heavy atom. The predicted octanol–water partition coefficient (Wildman–Crippen LogP) is 5.69. The van der Waals surface area contributed by atoms with Gasteiger partial charge in [0.1, 0.15) is 18.1 Å². The summed E-state index contributed by atoms with van der Waals surface area (Å²) in [5.74, 6) is 3.44. The first-order chi connectivity index (χ1) is 13.1. The van der Waals surface area contributed by atoms with Gasteiger partial charge < -0.3 is 4.74 Å². The molecule has 0 spiro atoms. The predicted molar refractivity (Wildman–Crippen MR) is 107 cm³/mol. The van der Waals surface area contributed by atoms with E-state index >= 15 is 0 Å². The molecule has 2 aromatic rings. The smallest absolute Gasteiger partial charge is 0.139 e. The Morgan fingerprint density at radius 1 is 1.04 bits per heavy atom. The van der Waals surface area contributed by atoms with E-state index in [2.05, 4.69) is 49.4 Å². The van der Waals surface area contributed by atoms with E-state index < -0.39 is 0 Å². The molecule has 3 aliphatic carbocycles. The summed E-state index contributed by atoms with van der Waals surface area (Å²) in [6, 6.07) is 17.1. The van der Waals surface area contributed by atoms with Gasteiger partial charge in [-0.25, -0.2) is 0 Å². The van der Waals surface area contributed by atoms with Crippen LogP contribution < -0.4 is 4.74 Å². The largest absolute Gasteiger partial charge is 0.489 e. The van der Waals surface area contributed by atoms with Crippen LogP contribution in [0.2, 0.25) is 0 Å². The number of carbonyl (C=O) groups excluding carboxylic acids is 1. The lowest BCUT2D eigenvalue weighted by Crippen LogP contribution is -2.42. The zero-order chi connectivity index (χ0) is 18.4. The highest BCUT2D eigenvalue weighted by molar-refractivity contribution is 5.87. The molecule has 0 radical (unpaired) electrons. The Bertz CT molecular complexity index is 856. The Balaban J connectivity index is 1.35. The molecule has 0 unspecified atom stereocenters. The molecule has 0 saturated heterocycles. The standard InChI is InChI=1S/C25H28O2/c1-25-14-13-21-20-10-8-19(27-16-17-5-3-2-4-6-17)15-18(20)7-9-22(21)23(25)11-12-24(25)26/h2-6,8,10,15,21-23H,7,9,11-14,16H2,1H3/t21-,22+,23+,25+/m1/s1. The van der Waals surface area contributed by atoms with Crippen molar-refractivity contribution >= 4 is 5.78 Å². The fourth-order valence-electron chi connectivity index (χ4n) is 6.16. The number of aryl methyl sites for hydroxylation is 1. The van der Waals surface area contributed by atoms with Gasteiger partial charge in [-0.2, -0.15) is 0 Å². The third-order valence-electron chi connectivity index (χ3n) is 7.66.